The molecule has 0 aliphatic rings. The zero-order chi connectivity index (χ0) is 27.7. The van der Waals surface area contributed by atoms with Gasteiger partial charge in [-0.3, -0.25) is 14.4 Å². The summed E-state index contributed by atoms with van der Waals surface area (Å²) >= 11 is 0. The van der Waals surface area contributed by atoms with E-state index >= 15 is 0 Å². The van der Waals surface area contributed by atoms with E-state index in [2.05, 4.69) is 4.98 Å². The van der Waals surface area contributed by atoms with E-state index in [1.54, 1.807) is 20.8 Å². The van der Waals surface area contributed by atoms with Crippen molar-refractivity contribution in [3.05, 3.63) is 47.8 Å². The van der Waals surface area contributed by atoms with E-state index in [9.17, 15) is 23.2 Å². The molecule has 0 fully saturated rings. The highest BCUT2D eigenvalue weighted by atomic mass is 19.1. The van der Waals surface area contributed by atoms with Crippen LogP contribution in [0.5, 0.6) is 17.2 Å². The van der Waals surface area contributed by atoms with Crippen molar-refractivity contribution in [1.29, 1.82) is 0 Å². The fraction of sp³-hybridized carbons (Fsp3) is 0.462. The Labute approximate surface area is 214 Å². The highest BCUT2D eigenvalue weighted by molar-refractivity contribution is 5.99. The number of benzene rings is 1. The smallest absolute Gasteiger partial charge is 0.309 e. The van der Waals surface area contributed by atoms with Crippen molar-refractivity contribution in [3.63, 3.8) is 0 Å². The van der Waals surface area contributed by atoms with Gasteiger partial charge in [0, 0.05) is 31.7 Å². The first-order chi connectivity index (χ1) is 17.4. The van der Waals surface area contributed by atoms with E-state index in [1.807, 2.05) is 0 Å². The minimum atomic E-state index is -0.886. The fourth-order valence-corrected chi connectivity index (χ4v) is 3.41. The van der Waals surface area contributed by atoms with Gasteiger partial charge in [0.2, 0.25) is 6.79 Å². The van der Waals surface area contributed by atoms with Crippen LogP contribution in [-0.4, -0.2) is 48.8 Å². The number of esters is 2. The van der Waals surface area contributed by atoms with Gasteiger partial charge in [-0.2, -0.15) is 0 Å². The molecule has 1 aromatic heterocycles. The standard InChI is InChI=1S/C26H31F2NO8/c1-14(2)24(37-22-12-18(27)7-8-19(22)28)16(4)36-26(32)15(3)11-20(31)23-25(35-13-34-17(5)30)21(33-6)9-10-29-23/h7-10,12,14-16,24H,11,13H2,1-6H3/t15-,16+,24-/m1/s1. The molecule has 0 aliphatic carbocycles. The van der Waals surface area contributed by atoms with Crippen LogP contribution in [0.3, 0.4) is 0 Å². The van der Waals surface area contributed by atoms with Gasteiger partial charge in [-0.15, -0.1) is 0 Å². The van der Waals surface area contributed by atoms with Crippen molar-refractivity contribution in [2.75, 3.05) is 13.9 Å². The van der Waals surface area contributed by atoms with Crippen LogP contribution < -0.4 is 14.2 Å². The molecule has 202 valence electrons. The van der Waals surface area contributed by atoms with E-state index in [-0.39, 0.29) is 35.3 Å². The lowest BCUT2D eigenvalue weighted by molar-refractivity contribution is -0.158. The van der Waals surface area contributed by atoms with Gasteiger partial charge in [-0.25, -0.2) is 13.8 Å². The molecule has 1 aromatic carbocycles. The number of ether oxygens (including phenoxy) is 5. The highest BCUT2D eigenvalue weighted by Crippen LogP contribution is 2.31. The summed E-state index contributed by atoms with van der Waals surface area (Å²) in [5, 5.41) is 0. The maximum atomic E-state index is 14.1. The summed E-state index contributed by atoms with van der Waals surface area (Å²) < 4.78 is 54.1. The van der Waals surface area contributed by atoms with Crippen LogP contribution in [0.1, 0.15) is 51.5 Å². The number of carbonyl (C=O) groups excluding carboxylic acids is 3. The highest BCUT2D eigenvalue weighted by Gasteiger charge is 2.30. The van der Waals surface area contributed by atoms with Gasteiger partial charge >= 0.3 is 11.9 Å². The monoisotopic (exact) mass is 523 g/mol. The Balaban J connectivity index is 2.09. The molecule has 0 unspecified atom stereocenters. The molecular formula is C26H31F2NO8. The van der Waals surface area contributed by atoms with Gasteiger partial charge in [-0.1, -0.05) is 20.8 Å². The van der Waals surface area contributed by atoms with Crippen molar-refractivity contribution in [2.45, 2.75) is 53.2 Å². The Hall–Kier alpha value is -3.76. The van der Waals surface area contributed by atoms with Crippen LogP contribution >= 0.6 is 0 Å². The molecule has 9 nitrogen and oxygen atoms in total. The van der Waals surface area contributed by atoms with Gasteiger partial charge in [0.1, 0.15) is 18.0 Å². The normalized spacial score (nSPS) is 13.3. The summed E-state index contributed by atoms with van der Waals surface area (Å²) in [5.74, 6) is -4.47. The first kappa shape index (κ1) is 29.5. The number of aromatic nitrogens is 1. The van der Waals surface area contributed by atoms with Gasteiger partial charge in [0.05, 0.1) is 13.0 Å². The average Bonchev–Trinajstić information content (AvgIpc) is 2.83. The number of carbonyl (C=O) groups is 3. The first-order valence-corrected chi connectivity index (χ1v) is 11.6. The second-order valence-electron chi connectivity index (χ2n) is 8.66. The molecule has 0 aliphatic heterocycles. The third-order valence-corrected chi connectivity index (χ3v) is 5.29. The molecule has 1 heterocycles. The van der Waals surface area contributed by atoms with Crippen molar-refractivity contribution in [1.82, 2.24) is 4.98 Å². The number of ketones is 1. The average molecular weight is 524 g/mol. The molecule has 11 heteroatoms. The molecule has 0 amide bonds. The van der Waals surface area contributed by atoms with E-state index in [0.717, 1.165) is 18.2 Å². The fourth-order valence-electron chi connectivity index (χ4n) is 3.41. The van der Waals surface area contributed by atoms with Crippen molar-refractivity contribution in [3.8, 4) is 17.2 Å². The van der Waals surface area contributed by atoms with E-state index in [0.29, 0.717) is 0 Å². The first-order valence-electron chi connectivity index (χ1n) is 11.6. The number of Topliss-reactive ketones (excluding diaryl/α,β-unsaturated/α-hetero) is 1. The predicted molar refractivity (Wildman–Crippen MR) is 127 cm³/mol. The van der Waals surface area contributed by atoms with Crippen LogP contribution in [0.2, 0.25) is 0 Å². The predicted octanol–water partition coefficient (Wildman–Crippen LogP) is 4.51. The van der Waals surface area contributed by atoms with E-state index in [1.165, 1.54) is 33.2 Å². The van der Waals surface area contributed by atoms with Crippen molar-refractivity contribution >= 4 is 17.7 Å². The zero-order valence-corrected chi connectivity index (χ0v) is 21.6. The summed E-state index contributed by atoms with van der Waals surface area (Å²) in [7, 11) is 1.37. The van der Waals surface area contributed by atoms with Crippen molar-refractivity contribution < 1.29 is 46.8 Å². The summed E-state index contributed by atoms with van der Waals surface area (Å²) in [6.45, 7) is 7.38. The molecule has 0 N–H and O–H groups in total. The molecule has 0 saturated carbocycles. The van der Waals surface area contributed by atoms with E-state index < -0.39 is 54.3 Å². The Kier molecular flexibility index (Phi) is 10.8. The molecular weight excluding hydrogens is 492 g/mol. The number of rotatable bonds is 13. The summed E-state index contributed by atoms with van der Waals surface area (Å²) in [4.78, 5) is 40.8. The lowest BCUT2D eigenvalue weighted by atomic mass is 10.0. The number of pyridine rings is 1. The molecule has 2 rings (SSSR count). The summed E-state index contributed by atoms with van der Waals surface area (Å²) in [6.07, 6.45) is -0.567. The third-order valence-electron chi connectivity index (χ3n) is 5.29. The van der Waals surface area contributed by atoms with Crippen LogP contribution in [0, 0.1) is 23.5 Å². The maximum Gasteiger partial charge on any atom is 0.309 e. The molecule has 0 saturated heterocycles. The SMILES string of the molecule is COc1ccnc(C(=O)C[C@@H](C)C(=O)O[C@@H](C)[C@H](Oc2cc(F)ccc2F)C(C)C)c1OCOC(C)=O. The Morgan fingerprint density at radius 1 is 1.03 bits per heavy atom. The number of nitrogens with zero attached hydrogens (tertiary/aromatic N) is 1. The van der Waals surface area contributed by atoms with Gasteiger partial charge in [0.15, 0.2) is 34.5 Å². The minimum Gasteiger partial charge on any atom is -0.493 e. The molecule has 3 atom stereocenters. The lowest BCUT2D eigenvalue weighted by Gasteiger charge is -2.29. The number of hydrogen-bond acceptors (Lipinski definition) is 9. The Morgan fingerprint density at radius 2 is 1.73 bits per heavy atom. The van der Waals surface area contributed by atoms with E-state index in [4.69, 9.17) is 23.7 Å². The van der Waals surface area contributed by atoms with Gasteiger partial charge in [0.25, 0.3) is 0 Å². The lowest BCUT2D eigenvalue weighted by Crippen LogP contribution is -2.39. The molecule has 0 radical (unpaired) electrons. The number of methoxy groups -OCH3 is 1. The largest absolute Gasteiger partial charge is 0.493 e. The minimum absolute atomic E-state index is 0.0319. The quantitative estimate of drug-likeness (QED) is 0.213. The second-order valence-corrected chi connectivity index (χ2v) is 8.66. The van der Waals surface area contributed by atoms with Crippen LogP contribution in [0.25, 0.3) is 0 Å². The Bertz CT molecular complexity index is 1110. The topological polar surface area (TPSA) is 110 Å². The van der Waals surface area contributed by atoms with Crippen molar-refractivity contribution in [2.24, 2.45) is 11.8 Å². The van der Waals surface area contributed by atoms with Crippen LogP contribution in [-0.2, 0) is 19.1 Å². The van der Waals surface area contributed by atoms with Gasteiger partial charge in [-0.05, 0) is 25.0 Å². The summed E-state index contributed by atoms with van der Waals surface area (Å²) in [5.41, 5.74) is -0.107. The molecule has 2 aromatic rings. The Morgan fingerprint density at radius 3 is 2.35 bits per heavy atom. The third kappa shape index (κ3) is 8.40. The molecule has 0 bridgehead atoms. The number of hydrogen-bond donors (Lipinski definition) is 0. The maximum absolute atomic E-state index is 14.1. The molecule has 37 heavy (non-hydrogen) atoms. The van der Waals surface area contributed by atoms with Gasteiger partial charge < -0.3 is 23.7 Å². The van der Waals surface area contributed by atoms with Crippen LogP contribution in [0.4, 0.5) is 8.78 Å². The summed E-state index contributed by atoms with van der Waals surface area (Å²) in [6, 6.07) is 4.30. The number of halogens is 2. The molecule has 0 spiro atoms. The van der Waals surface area contributed by atoms with Crippen LogP contribution in [0.15, 0.2) is 30.5 Å². The zero-order valence-electron chi connectivity index (χ0n) is 21.6. The second kappa shape index (κ2) is 13.5.